The summed E-state index contributed by atoms with van der Waals surface area (Å²) in [7, 11) is 0. The largest absolute Gasteiger partial charge is 0.395 e. The number of hydrogen-bond acceptors (Lipinski definition) is 3. The molecule has 20 heavy (non-hydrogen) atoms. The number of nitrogens with zero attached hydrogens (tertiary/aromatic N) is 1. The summed E-state index contributed by atoms with van der Waals surface area (Å²) in [6.45, 7) is 2.15. The summed E-state index contributed by atoms with van der Waals surface area (Å²) >= 11 is 0. The van der Waals surface area contributed by atoms with E-state index in [9.17, 15) is 10.2 Å². The molecule has 3 atom stereocenters. The average molecular weight is 275 g/mol. The van der Waals surface area contributed by atoms with Crippen LogP contribution in [-0.2, 0) is 12.8 Å². The SMILES string of the molecule is OCC1CC(O)CCN1CC1CCc2ccccc2C1. The highest BCUT2D eigenvalue weighted by molar-refractivity contribution is 5.29. The maximum absolute atomic E-state index is 9.73. The van der Waals surface area contributed by atoms with Gasteiger partial charge in [0.05, 0.1) is 12.7 Å². The van der Waals surface area contributed by atoms with Crippen molar-refractivity contribution in [1.82, 2.24) is 4.90 Å². The second-order valence-electron chi connectivity index (χ2n) is 6.39. The van der Waals surface area contributed by atoms with Gasteiger partial charge in [0.25, 0.3) is 0 Å². The number of piperidine rings is 1. The molecule has 3 unspecified atom stereocenters. The van der Waals surface area contributed by atoms with Crippen LogP contribution in [0.15, 0.2) is 24.3 Å². The van der Waals surface area contributed by atoms with E-state index in [0.717, 1.165) is 32.4 Å². The van der Waals surface area contributed by atoms with Crippen molar-refractivity contribution >= 4 is 0 Å². The molecule has 2 aliphatic rings. The third-order valence-corrected chi connectivity index (χ3v) is 4.96. The van der Waals surface area contributed by atoms with Gasteiger partial charge in [-0.2, -0.15) is 0 Å². The van der Waals surface area contributed by atoms with Gasteiger partial charge in [-0.1, -0.05) is 24.3 Å². The Labute approximate surface area is 121 Å². The highest BCUT2D eigenvalue weighted by atomic mass is 16.3. The average Bonchev–Trinajstić information content (AvgIpc) is 2.49. The zero-order valence-corrected chi connectivity index (χ0v) is 12.0. The van der Waals surface area contributed by atoms with E-state index >= 15 is 0 Å². The van der Waals surface area contributed by atoms with E-state index < -0.39 is 0 Å². The maximum atomic E-state index is 9.73. The van der Waals surface area contributed by atoms with Gasteiger partial charge in [0.2, 0.25) is 0 Å². The predicted octanol–water partition coefficient (Wildman–Crippen LogP) is 1.61. The molecule has 3 heteroatoms. The Morgan fingerprint density at radius 3 is 2.75 bits per heavy atom. The van der Waals surface area contributed by atoms with E-state index in [0.29, 0.717) is 5.92 Å². The summed E-state index contributed by atoms with van der Waals surface area (Å²) < 4.78 is 0. The van der Waals surface area contributed by atoms with E-state index in [4.69, 9.17) is 0 Å². The number of aliphatic hydroxyl groups is 2. The third kappa shape index (κ3) is 3.05. The van der Waals surface area contributed by atoms with Crippen LogP contribution in [0.1, 0.15) is 30.4 Å². The Kier molecular flexibility index (Phi) is 4.39. The molecule has 3 nitrogen and oxygen atoms in total. The fourth-order valence-corrected chi connectivity index (χ4v) is 3.77. The van der Waals surface area contributed by atoms with Crippen LogP contribution < -0.4 is 0 Å². The molecule has 1 aliphatic carbocycles. The van der Waals surface area contributed by atoms with Gasteiger partial charge in [-0.15, -0.1) is 0 Å². The molecule has 3 rings (SSSR count). The molecule has 1 aromatic carbocycles. The quantitative estimate of drug-likeness (QED) is 0.881. The van der Waals surface area contributed by atoms with Crippen molar-refractivity contribution in [3.8, 4) is 0 Å². The first-order valence-electron chi connectivity index (χ1n) is 7.86. The summed E-state index contributed by atoms with van der Waals surface area (Å²) in [5.74, 6) is 0.689. The Morgan fingerprint density at radius 1 is 1.15 bits per heavy atom. The third-order valence-electron chi connectivity index (χ3n) is 4.96. The van der Waals surface area contributed by atoms with Crippen molar-refractivity contribution in [2.45, 2.75) is 44.2 Å². The van der Waals surface area contributed by atoms with E-state index in [1.165, 1.54) is 24.0 Å². The lowest BCUT2D eigenvalue weighted by Gasteiger charge is -2.39. The molecule has 0 saturated carbocycles. The van der Waals surface area contributed by atoms with Crippen LogP contribution in [0.2, 0.25) is 0 Å². The highest BCUT2D eigenvalue weighted by Crippen LogP contribution is 2.28. The minimum absolute atomic E-state index is 0.149. The van der Waals surface area contributed by atoms with Crippen LogP contribution in [0.25, 0.3) is 0 Å². The van der Waals surface area contributed by atoms with Gasteiger partial charge in [-0.05, 0) is 49.1 Å². The first-order valence-corrected chi connectivity index (χ1v) is 7.86. The van der Waals surface area contributed by atoms with E-state index in [1.54, 1.807) is 0 Å². The van der Waals surface area contributed by atoms with E-state index in [1.807, 2.05) is 0 Å². The summed E-state index contributed by atoms with van der Waals surface area (Å²) in [5.41, 5.74) is 3.01. The standard InChI is InChI=1S/C17H25NO2/c19-12-16-10-17(20)7-8-18(16)11-13-5-6-14-3-1-2-4-15(14)9-13/h1-4,13,16-17,19-20H,5-12H2. The topological polar surface area (TPSA) is 43.7 Å². The van der Waals surface area contributed by atoms with Gasteiger partial charge < -0.3 is 10.2 Å². The maximum Gasteiger partial charge on any atom is 0.0587 e. The normalized spacial score (nSPS) is 31.0. The van der Waals surface area contributed by atoms with Crippen molar-refractivity contribution in [2.24, 2.45) is 5.92 Å². The minimum atomic E-state index is -0.226. The van der Waals surface area contributed by atoms with Crippen molar-refractivity contribution in [3.05, 3.63) is 35.4 Å². The van der Waals surface area contributed by atoms with Crippen LogP contribution in [0.5, 0.6) is 0 Å². The fourth-order valence-electron chi connectivity index (χ4n) is 3.77. The first-order chi connectivity index (χ1) is 9.76. The number of hydrogen-bond donors (Lipinski definition) is 2. The second-order valence-corrected chi connectivity index (χ2v) is 6.39. The Morgan fingerprint density at radius 2 is 1.95 bits per heavy atom. The lowest BCUT2D eigenvalue weighted by Crippen LogP contribution is -2.48. The molecule has 1 aliphatic heterocycles. The van der Waals surface area contributed by atoms with Gasteiger partial charge in [0.15, 0.2) is 0 Å². The van der Waals surface area contributed by atoms with Crippen molar-refractivity contribution in [3.63, 3.8) is 0 Å². The molecular formula is C17H25NO2. The van der Waals surface area contributed by atoms with Gasteiger partial charge >= 0.3 is 0 Å². The molecule has 1 fully saturated rings. The van der Waals surface area contributed by atoms with Crippen LogP contribution in [0, 0.1) is 5.92 Å². The van der Waals surface area contributed by atoms with Crippen LogP contribution in [0.3, 0.4) is 0 Å². The summed E-state index contributed by atoms with van der Waals surface area (Å²) in [4.78, 5) is 2.39. The van der Waals surface area contributed by atoms with Crippen molar-refractivity contribution < 1.29 is 10.2 Å². The minimum Gasteiger partial charge on any atom is -0.395 e. The zero-order chi connectivity index (χ0) is 13.9. The molecular weight excluding hydrogens is 250 g/mol. The Balaban J connectivity index is 1.61. The monoisotopic (exact) mass is 275 g/mol. The number of benzene rings is 1. The lowest BCUT2D eigenvalue weighted by atomic mass is 9.83. The van der Waals surface area contributed by atoms with Crippen molar-refractivity contribution in [1.29, 1.82) is 0 Å². The van der Waals surface area contributed by atoms with E-state index in [-0.39, 0.29) is 18.8 Å². The van der Waals surface area contributed by atoms with Gasteiger partial charge in [0, 0.05) is 19.1 Å². The smallest absolute Gasteiger partial charge is 0.0587 e. The fraction of sp³-hybridized carbons (Fsp3) is 0.647. The van der Waals surface area contributed by atoms with Crippen LogP contribution in [-0.4, -0.2) is 47.0 Å². The van der Waals surface area contributed by atoms with Crippen LogP contribution >= 0.6 is 0 Å². The molecule has 2 N–H and O–H groups in total. The molecule has 110 valence electrons. The second kappa shape index (κ2) is 6.25. The number of rotatable bonds is 3. The number of fused-ring (bicyclic) bond motifs is 1. The number of aryl methyl sites for hydroxylation is 1. The number of aliphatic hydroxyl groups excluding tert-OH is 2. The lowest BCUT2D eigenvalue weighted by molar-refractivity contribution is 0.00856. The highest BCUT2D eigenvalue weighted by Gasteiger charge is 2.29. The Bertz CT molecular complexity index is 448. The van der Waals surface area contributed by atoms with Crippen molar-refractivity contribution in [2.75, 3.05) is 19.7 Å². The molecule has 0 spiro atoms. The van der Waals surface area contributed by atoms with Crippen LogP contribution in [0.4, 0.5) is 0 Å². The zero-order valence-electron chi connectivity index (χ0n) is 12.0. The molecule has 1 heterocycles. The molecule has 0 aromatic heterocycles. The molecule has 1 aromatic rings. The first kappa shape index (κ1) is 14.1. The molecule has 0 amide bonds. The van der Waals surface area contributed by atoms with Gasteiger partial charge in [-0.3, -0.25) is 4.90 Å². The van der Waals surface area contributed by atoms with Gasteiger partial charge in [-0.25, -0.2) is 0 Å². The summed E-state index contributed by atoms with van der Waals surface area (Å²) in [5, 5.41) is 19.2. The predicted molar refractivity (Wildman–Crippen MR) is 79.6 cm³/mol. The summed E-state index contributed by atoms with van der Waals surface area (Å²) in [6, 6.07) is 8.92. The number of likely N-dealkylation sites (tertiary alicyclic amines) is 1. The Hall–Kier alpha value is -0.900. The molecule has 0 bridgehead atoms. The summed E-state index contributed by atoms with van der Waals surface area (Å²) in [6.07, 6.45) is 4.93. The van der Waals surface area contributed by atoms with Gasteiger partial charge in [0.1, 0.15) is 0 Å². The molecule has 0 radical (unpaired) electrons. The van der Waals surface area contributed by atoms with E-state index in [2.05, 4.69) is 29.2 Å². The molecule has 1 saturated heterocycles.